The van der Waals surface area contributed by atoms with E-state index in [-0.39, 0.29) is 17.1 Å². The number of amides is 2. The van der Waals surface area contributed by atoms with Gasteiger partial charge in [-0.25, -0.2) is 13.2 Å². The molecule has 0 bridgehead atoms. The van der Waals surface area contributed by atoms with Gasteiger partial charge in [0.15, 0.2) is 18.2 Å². The van der Waals surface area contributed by atoms with E-state index in [2.05, 4.69) is 10.6 Å². The fourth-order valence-electron chi connectivity index (χ4n) is 1.82. The fraction of sp³-hybridized carbons (Fsp3) is 0.125. The first-order valence-corrected chi connectivity index (χ1v) is 6.80. The van der Waals surface area contributed by atoms with Gasteiger partial charge in [0.1, 0.15) is 11.6 Å². The lowest BCUT2D eigenvalue weighted by Gasteiger charge is -2.10. The quantitative estimate of drug-likeness (QED) is 0.880. The van der Waals surface area contributed by atoms with Crippen LogP contribution < -0.4 is 15.4 Å². The average Bonchev–Trinajstić information content (AvgIpc) is 2.49. The Hall–Kier alpha value is -3.03. The van der Waals surface area contributed by atoms with Crippen LogP contribution in [0.3, 0.4) is 0 Å². The Bertz CT molecular complexity index is 781. The second kappa shape index (κ2) is 7.49. The molecule has 126 valence electrons. The molecule has 0 unspecified atom stereocenters. The first kappa shape index (κ1) is 17.3. The van der Waals surface area contributed by atoms with E-state index in [1.807, 2.05) is 0 Å². The van der Waals surface area contributed by atoms with Crippen molar-refractivity contribution in [1.82, 2.24) is 0 Å². The van der Waals surface area contributed by atoms with Crippen molar-refractivity contribution in [3.63, 3.8) is 0 Å². The van der Waals surface area contributed by atoms with Crippen LogP contribution in [-0.4, -0.2) is 18.4 Å². The highest BCUT2D eigenvalue weighted by Gasteiger charge is 2.10. The second-order valence-corrected chi connectivity index (χ2v) is 4.79. The van der Waals surface area contributed by atoms with Gasteiger partial charge >= 0.3 is 0 Å². The van der Waals surface area contributed by atoms with E-state index in [1.165, 1.54) is 19.1 Å². The maximum absolute atomic E-state index is 13.5. The van der Waals surface area contributed by atoms with Gasteiger partial charge in [-0.1, -0.05) is 0 Å². The first-order valence-electron chi connectivity index (χ1n) is 6.80. The Morgan fingerprint density at radius 1 is 1.00 bits per heavy atom. The van der Waals surface area contributed by atoms with Crippen LogP contribution >= 0.6 is 0 Å². The molecule has 2 aromatic carbocycles. The van der Waals surface area contributed by atoms with E-state index in [0.717, 1.165) is 18.2 Å². The number of anilines is 2. The molecule has 24 heavy (non-hydrogen) atoms. The summed E-state index contributed by atoms with van der Waals surface area (Å²) in [5.41, 5.74) is 0.124. The molecule has 2 amide bonds. The zero-order valence-electron chi connectivity index (χ0n) is 12.5. The van der Waals surface area contributed by atoms with Crippen LogP contribution in [0, 0.1) is 17.5 Å². The molecule has 0 aromatic heterocycles. The van der Waals surface area contributed by atoms with Crippen molar-refractivity contribution in [2.24, 2.45) is 0 Å². The number of carbonyl (C=O) groups excluding carboxylic acids is 2. The minimum atomic E-state index is -0.933. The van der Waals surface area contributed by atoms with Gasteiger partial charge in [-0.15, -0.1) is 0 Å². The molecule has 0 saturated carbocycles. The molecule has 2 rings (SSSR count). The Kier molecular flexibility index (Phi) is 5.41. The van der Waals surface area contributed by atoms with E-state index in [9.17, 15) is 22.8 Å². The molecular formula is C16H13F3N2O3. The van der Waals surface area contributed by atoms with Gasteiger partial charge in [-0.3, -0.25) is 9.59 Å². The van der Waals surface area contributed by atoms with Crippen LogP contribution in [-0.2, 0) is 9.59 Å². The van der Waals surface area contributed by atoms with Crippen LogP contribution in [0.1, 0.15) is 6.92 Å². The summed E-state index contributed by atoms with van der Waals surface area (Å²) in [6, 6.07) is 6.28. The number of rotatable bonds is 5. The lowest BCUT2D eigenvalue weighted by molar-refractivity contribution is -0.118. The molecule has 0 heterocycles. The van der Waals surface area contributed by atoms with Crippen molar-refractivity contribution in [2.45, 2.75) is 6.92 Å². The lowest BCUT2D eigenvalue weighted by Crippen LogP contribution is -2.20. The normalized spacial score (nSPS) is 10.2. The molecule has 0 spiro atoms. The minimum Gasteiger partial charge on any atom is -0.481 e. The second-order valence-electron chi connectivity index (χ2n) is 4.79. The number of ether oxygens (including phenoxy) is 1. The largest absolute Gasteiger partial charge is 0.481 e. The Morgan fingerprint density at radius 3 is 2.42 bits per heavy atom. The van der Waals surface area contributed by atoms with E-state index in [1.54, 1.807) is 0 Å². The topological polar surface area (TPSA) is 67.4 Å². The third-order valence-electron chi connectivity index (χ3n) is 2.81. The summed E-state index contributed by atoms with van der Waals surface area (Å²) in [4.78, 5) is 22.7. The molecule has 0 radical (unpaired) electrons. The minimum absolute atomic E-state index is 0.0919. The number of halogens is 3. The Labute approximate surface area is 135 Å². The lowest BCUT2D eigenvalue weighted by atomic mass is 10.2. The first-order chi connectivity index (χ1) is 11.3. The highest BCUT2D eigenvalue weighted by Crippen LogP contribution is 2.20. The smallest absolute Gasteiger partial charge is 0.262 e. The monoisotopic (exact) mass is 338 g/mol. The molecule has 0 aliphatic carbocycles. The predicted molar refractivity (Wildman–Crippen MR) is 81.2 cm³/mol. The van der Waals surface area contributed by atoms with Gasteiger partial charge < -0.3 is 15.4 Å². The van der Waals surface area contributed by atoms with Crippen LogP contribution in [0.5, 0.6) is 5.75 Å². The molecular weight excluding hydrogens is 325 g/mol. The number of nitrogens with one attached hydrogen (secondary N) is 2. The molecule has 2 aromatic rings. The zero-order chi connectivity index (χ0) is 17.7. The Balaban J connectivity index is 1.98. The summed E-state index contributed by atoms with van der Waals surface area (Å²) in [6.45, 7) is 0.686. The van der Waals surface area contributed by atoms with E-state index in [4.69, 9.17) is 4.74 Å². The van der Waals surface area contributed by atoms with Crippen LogP contribution in [0.15, 0.2) is 36.4 Å². The Morgan fingerprint density at radius 2 is 1.75 bits per heavy atom. The third kappa shape index (κ3) is 4.73. The molecule has 5 nitrogen and oxygen atoms in total. The SMILES string of the molecule is CC(=O)Nc1cc(NC(=O)COc2ccc(F)cc2F)ccc1F. The van der Waals surface area contributed by atoms with Gasteiger partial charge in [0.25, 0.3) is 5.91 Å². The van der Waals surface area contributed by atoms with E-state index < -0.39 is 35.9 Å². The molecule has 0 aliphatic heterocycles. The van der Waals surface area contributed by atoms with Crippen molar-refractivity contribution in [3.8, 4) is 5.75 Å². The summed E-state index contributed by atoms with van der Waals surface area (Å²) in [6.07, 6.45) is 0. The maximum Gasteiger partial charge on any atom is 0.262 e. The summed E-state index contributed by atoms with van der Waals surface area (Å²) in [5.74, 6) is -3.73. The number of hydrogen-bond acceptors (Lipinski definition) is 3. The molecule has 2 N–H and O–H groups in total. The van der Waals surface area contributed by atoms with Crippen molar-refractivity contribution >= 4 is 23.2 Å². The van der Waals surface area contributed by atoms with Gasteiger partial charge in [0.05, 0.1) is 5.69 Å². The average molecular weight is 338 g/mol. The molecule has 0 saturated heterocycles. The number of benzene rings is 2. The summed E-state index contributed by atoms with van der Waals surface area (Å²) < 4.78 is 44.6. The molecule has 8 heteroatoms. The summed E-state index contributed by atoms with van der Waals surface area (Å²) in [7, 11) is 0. The maximum atomic E-state index is 13.5. The molecule has 0 atom stereocenters. The van der Waals surface area contributed by atoms with Gasteiger partial charge in [0, 0.05) is 18.7 Å². The van der Waals surface area contributed by atoms with Crippen molar-refractivity contribution in [3.05, 3.63) is 53.8 Å². The van der Waals surface area contributed by atoms with Crippen LogP contribution in [0.2, 0.25) is 0 Å². The summed E-state index contributed by atoms with van der Waals surface area (Å²) >= 11 is 0. The predicted octanol–water partition coefficient (Wildman–Crippen LogP) is 3.08. The molecule has 0 aliphatic rings. The number of carbonyl (C=O) groups is 2. The van der Waals surface area contributed by atoms with Crippen LogP contribution in [0.4, 0.5) is 24.5 Å². The van der Waals surface area contributed by atoms with E-state index >= 15 is 0 Å². The van der Waals surface area contributed by atoms with Gasteiger partial charge in [-0.2, -0.15) is 0 Å². The zero-order valence-corrected chi connectivity index (χ0v) is 12.5. The standard InChI is InChI=1S/C16H13F3N2O3/c1-9(22)20-14-7-11(3-4-12(14)18)21-16(23)8-24-15-5-2-10(17)6-13(15)19/h2-7H,8H2,1H3,(H,20,22)(H,21,23). The van der Waals surface area contributed by atoms with Crippen molar-refractivity contribution in [2.75, 3.05) is 17.2 Å². The van der Waals surface area contributed by atoms with E-state index in [0.29, 0.717) is 6.07 Å². The van der Waals surface area contributed by atoms with Crippen molar-refractivity contribution < 1.29 is 27.5 Å². The van der Waals surface area contributed by atoms with Gasteiger partial charge in [-0.05, 0) is 30.3 Å². The fourth-order valence-corrected chi connectivity index (χ4v) is 1.82. The summed E-state index contributed by atoms with van der Waals surface area (Å²) in [5, 5.41) is 4.68. The third-order valence-corrected chi connectivity index (χ3v) is 2.81. The van der Waals surface area contributed by atoms with Crippen LogP contribution in [0.25, 0.3) is 0 Å². The number of hydrogen-bond donors (Lipinski definition) is 2. The highest BCUT2D eigenvalue weighted by atomic mass is 19.1. The van der Waals surface area contributed by atoms with Crippen molar-refractivity contribution in [1.29, 1.82) is 0 Å². The molecule has 0 fully saturated rings. The van der Waals surface area contributed by atoms with Gasteiger partial charge in [0.2, 0.25) is 5.91 Å². The highest BCUT2D eigenvalue weighted by molar-refractivity contribution is 5.94.